The van der Waals surface area contributed by atoms with Crippen molar-refractivity contribution in [3.8, 4) is 0 Å². The predicted octanol–water partition coefficient (Wildman–Crippen LogP) is 1.78. The molecule has 2 amide bonds. The molecule has 0 bridgehead atoms. The molecule has 0 radical (unpaired) electrons. The monoisotopic (exact) mass is 397 g/mol. The number of hydrogen-bond donors (Lipinski definition) is 1. The lowest BCUT2D eigenvalue weighted by Gasteiger charge is -2.19. The molecule has 1 N–H and O–H groups in total. The van der Waals surface area contributed by atoms with Crippen LogP contribution in [-0.2, 0) is 16.1 Å². The molecule has 1 aliphatic rings. The fraction of sp³-hybridized carbons (Fsp3) is 0.300. The van der Waals surface area contributed by atoms with Crippen LogP contribution in [0.15, 0.2) is 54.6 Å². The third kappa shape index (κ3) is 3.71. The maximum Gasteiger partial charge on any atom is 0.244 e. The van der Waals surface area contributed by atoms with Crippen LogP contribution < -0.4 is 5.32 Å². The van der Waals surface area contributed by atoms with Crippen LogP contribution in [0.25, 0.3) is 11.0 Å². The number of halogens is 1. The van der Waals surface area contributed by atoms with E-state index in [-0.39, 0.29) is 36.2 Å². The first-order valence-corrected chi connectivity index (χ1v) is 9.65. The second-order valence-electron chi connectivity index (χ2n) is 6.86. The standard InChI is InChI=1S/C20H20ClN5O2/c21-10-19(27)22-17-12-25(11-15(17)14-6-2-1-3-7-14)20(28)13-26-18-9-5-4-8-16(18)23-24-26/h1-9,15,17H,10-13H2,(H,22,27)/t15-,17+/m1/s1. The van der Waals surface area contributed by atoms with Crippen LogP contribution in [0.1, 0.15) is 11.5 Å². The van der Waals surface area contributed by atoms with Gasteiger partial charge in [0.25, 0.3) is 0 Å². The molecule has 1 fully saturated rings. The molecule has 28 heavy (non-hydrogen) atoms. The summed E-state index contributed by atoms with van der Waals surface area (Å²) < 4.78 is 1.61. The molecule has 1 saturated heterocycles. The second-order valence-corrected chi connectivity index (χ2v) is 7.13. The molecule has 0 saturated carbocycles. The molecule has 3 aromatic rings. The molecular weight excluding hydrogens is 378 g/mol. The van der Waals surface area contributed by atoms with Gasteiger partial charge in [-0.1, -0.05) is 47.7 Å². The highest BCUT2D eigenvalue weighted by molar-refractivity contribution is 6.27. The summed E-state index contributed by atoms with van der Waals surface area (Å²) in [6.45, 7) is 1.08. The van der Waals surface area contributed by atoms with Crippen molar-refractivity contribution in [1.29, 1.82) is 0 Å². The number of benzene rings is 2. The number of carbonyl (C=O) groups is 2. The van der Waals surface area contributed by atoms with Crippen molar-refractivity contribution < 1.29 is 9.59 Å². The van der Waals surface area contributed by atoms with Crippen molar-refractivity contribution in [1.82, 2.24) is 25.2 Å². The average molecular weight is 398 g/mol. The Morgan fingerprint density at radius 1 is 1.07 bits per heavy atom. The van der Waals surface area contributed by atoms with Gasteiger partial charge < -0.3 is 10.2 Å². The highest BCUT2D eigenvalue weighted by atomic mass is 35.5. The third-order valence-corrected chi connectivity index (χ3v) is 5.32. The van der Waals surface area contributed by atoms with E-state index in [1.807, 2.05) is 54.6 Å². The van der Waals surface area contributed by atoms with Crippen LogP contribution in [0.2, 0.25) is 0 Å². The molecule has 2 heterocycles. The zero-order valence-electron chi connectivity index (χ0n) is 15.2. The molecular formula is C20H20ClN5O2. The molecule has 2 aromatic carbocycles. The Morgan fingerprint density at radius 3 is 2.61 bits per heavy atom. The van der Waals surface area contributed by atoms with Crippen molar-refractivity contribution >= 4 is 34.4 Å². The van der Waals surface area contributed by atoms with Gasteiger partial charge in [0.1, 0.15) is 17.9 Å². The van der Waals surface area contributed by atoms with E-state index < -0.39 is 0 Å². The summed E-state index contributed by atoms with van der Waals surface area (Å²) >= 11 is 5.66. The predicted molar refractivity (Wildman–Crippen MR) is 106 cm³/mol. The van der Waals surface area contributed by atoms with Gasteiger partial charge in [-0.3, -0.25) is 9.59 Å². The number of fused-ring (bicyclic) bond motifs is 1. The first-order chi connectivity index (χ1) is 13.7. The molecule has 8 heteroatoms. The van der Waals surface area contributed by atoms with E-state index in [0.717, 1.165) is 16.6 Å². The number of para-hydroxylation sites is 1. The number of carbonyl (C=O) groups excluding carboxylic acids is 2. The van der Waals surface area contributed by atoms with Crippen LogP contribution in [0.4, 0.5) is 0 Å². The van der Waals surface area contributed by atoms with Crippen LogP contribution in [0.5, 0.6) is 0 Å². The highest BCUT2D eigenvalue weighted by Crippen LogP contribution is 2.28. The Kier molecular flexibility index (Phi) is 5.25. The van der Waals surface area contributed by atoms with E-state index in [9.17, 15) is 9.59 Å². The Hall–Kier alpha value is -2.93. The van der Waals surface area contributed by atoms with Crippen LogP contribution in [0.3, 0.4) is 0 Å². The summed E-state index contributed by atoms with van der Waals surface area (Å²) in [6, 6.07) is 17.3. The third-order valence-electron chi connectivity index (χ3n) is 5.07. The normalized spacial score (nSPS) is 19.1. The molecule has 2 atom stereocenters. The lowest BCUT2D eigenvalue weighted by Crippen LogP contribution is -2.41. The Bertz CT molecular complexity index is 990. The maximum atomic E-state index is 12.9. The minimum Gasteiger partial charge on any atom is -0.350 e. The molecule has 0 aliphatic carbocycles. The molecule has 0 spiro atoms. The van der Waals surface area contributed by atoms with Gasteiger partial charge in [-0.05, 0) is 17.7 Å². The quantitative estimate of drug-likeness (QED) is 0.665. The van der Waals surface area contributed by atoms with Gasteiger partial charge in [0, 0.05) is 19.0 Å². The first-order valence-electron chi connectivity index (χ1n) is 9.12. The zero-order chi connectivity index (χ0) is 19.5. The lowest BCUT2D eigenvalue weighted by molar-refractivity contribution is -0.131. The lowest BCUT2D eigenvalue weighted by atomic mass is 9.94. The minimum absolute atomic E-state index is 0.0183. The number of aromatic nitrogens is 3. The van der Waals surface area contributed by atoms with Gasteiger partial charge in [-0.25, -0.2) is 4.68 Å². The molecule has 7 nitrogen and oxygen atoms in total. The van der Waals surface area contributed by atoms with Crippen LogP contribution in [-0.4, -0.2) is 56.7 Å². The Balaban J connectivity index is 1.52. The summed E-state index contributed by atoms with van der Waals surface area (Å²) in [5, 5.41) is 11.1. The average Bonchev–Trinajstić information content (AvgIpc) is 3.33. The molecule has 0 unspecified atom stereocenters. The number of amides is 2. The molecule has 1 aliphatic heterocycles. The van der Waals surface area contributed by atoms with Gasteiger partial charge in [0.2, 0.25) is 11.8 Å². The van der Waals surface area contributed by atoms with Crippen molar-refractivity contribution in [3.05, 3.63) is 60.2 Å². The molecule has 4 rings (SSSR count). The van der Waals surface area contributed by atoms with Gasteiger partial charge in [0.15, 0.2) is 0 Å². The number of nitrogens with zero attached hydrogens (tertiary/aromatic N) is 4. The molecule has 144 valence electrons. The first kappa shape index (κ1) is 18.4. The summed E-state index contributed by atoms with van der Waals surface area (Å²) in [7, 11) is 0. The minimum atomic E-state index is -0.232. The summed E-state index contributed by atoms with van der Waals surface area (Å²) in [4.78, 5) is 26.6. The highest BCUT2D eigenvalue weighted by Gasteiger charge is 2.37. The fourth-order valence-corrected chi connectivity index (χ4v) is 3.78. The van der Waals surface area contributed by atoms with Crippen molar-refractivity contribution in [2.45, 2.75) is 18.5 Å². The topological polar surface area (TPSA) is 80.1 Å². The number of hydrogen-bond acceptors (Lipinski definition) is 4. The largest absolute Gasteiger partial charge is 0.350 e. The van der Waals surface area contributed by atoms with Gasteiger partial charge in [-0.15, -0.1) is 16.7 Å². The van der Waals surface area contributed by atoms with E-state index in [2.05, 4.69) is 15.6 Å². The van der Waals surface area contributed by atoms with Crippen LogP contribution in [0, 0.1) is 0 Å². The van der Waals surface area contributed by atoms with Crippen LogP contribution >= 0.6 is 11.6 Å². The SMILES string of the molecule is O=C(CCl)N[C@H]1CN(C(=O)Cn2nnc3ccccc32)C[C@@H]1c1ccccc1. The van der Waals surface area contributed by atoms with E-state index in [1.165, 1.54) is 0 Å². The smallest absolute Gasteiger partial charge is 0.244 e. The Morgan fingerprint density at radius 2 is 1.82 bits per heavy atom. The van der Waals surface area contributed by atoms with Crippen molar-refractivity contribution in [3.63, 3.8) is 0 Å². The number of likely N-dealkylation sites (tertiary alicyclic amines) is 1. The number of nitrogens with one attached hydrogen (secondary N) is 1. The zero-order valence-corrected chi connectivity index (χ0v) is 15.9. The van der Waals surface area contributed by atoms with Crippen molar-refractivity contribution in [2.24, 2.45) is 0 Å². The van der Waals surface area contributed by atoms with Crippen molar-refractivity contribution in [2.75, 3.05) is 19.0 Å². The van der Waals surface area contributed by atoms with Gasteiger partial charge in [0.05, 0.1) is 11.6 Å². The second kappa shape index (κ2) is 7.98. The fourth-order valence-electron chi connectivity index (χ4n) is 3.70. The van der Waals surface area contributed by atoms with E-state index in [0.29, 0.717) is 13.1 Å². The summed E-state index contributed by atoms with van der Waals surface area (Å²) in [5.74, 6) is -0.370. The van der Waals surface area contributed by atoms with E-state index in [4.69, 9.17) is 11.6 Å². The van der Waals surface area contributed by atoms with Gasteiger partial charge >= 0.3 is 0 Å². The van der Waals surface area contributed by atoms with E-state index >= 15 is 0 Å². The Labute approximate surface area is 167 Å². The number of rotatable bonds is 5. The molecule has 1 aromatic heterocycles. The summed E-state index contributed by atoms with van der Waals surface area (Å²) in [5.41, 5.74) is 2.66. The summed E-state index contributed by atoms with van der Waals surface area (Å²) in [6.07, 6.45) is 0. The van der Waals surface area contributed by atoms with Gasteiger partial charge in [-0.2, -0.15) is 0 Å². The number of alkyl halides is 1. The van der Waals surface area contributed by atoms with E-state index in [1.54, 1.807) is 9.58 Å². The maximum absolute atomic E-state index is 12.9.